The van der Waals surface area contributed by atoms with Crippen LogP contribution < -0.4 is 15.5 Å². The van der Waals surface area contributed by atoms with E-state index in [1.807, 2.05) is 42.3 Å². The molecule has 2 rings (SSSR count). The second-order valence-electron chi connectivity index (χ2n) is 5.68. The topological polar surface area (TPSA) is 44.4 Å². The van der Waals surface area contributed by atoms with Gasteiger partial charge in [0.15, 0.2) is 0 Å². The van der Waals surface area contributed by atoms with Crippen LogP contribution in [0.3, 0.4) is 0 Å². The van der Waals surface area contributed by atoms with Crippen molar-refractivity contribution in [2.75, 3.05) is 30.4 Å². The van der Waals surface area contributed by atoms with E-state index < -0.39 is 22.8 Å². The number of alkyl halides is 3. The Kier molecular flexibility index (Phi) is 6.74. The van der Waals surface area contributed by atoms with Crippen LogP contribution in [0.4, 0.5) is 29.3 Å². The number of amides is 2. The van der Waals surface area contributed by atoms with Crippen LogP contribution in [0.5, 0.6) is 0 Å². The largest absolute Gasteiger partial charge is 0.417 e. The molecule has 0 atom stereocenters. The van der Waals surface area contributed by atoms with E-state index in [1.165, 1.54) is 6.07 Å². The molecule has 0 saturated heterocycles. The molecule has 140 valence electrons. The fourth-order valence-corrected chi connectivity index (χ4v) is 2.55. The van der Waals surface area contributed by atoms with Crippen LogP contribution in [0, 0.1) is 0 Å². The molecule has 0 fully saturated rings. The summed E-state index contributed by atoms with van der Waals surface area (Å²) in [5, 5.41) is 4.59. The van der Waals surface area contributed by atoms with Crippen LogP contribution in [0.1, 0.15) is 12.0 Å². The maximum Gasteiger partial charge on any atom is 0.417 e. The molecule has 0 radical (unpaired) electrons. The number of nitrogens with zero attached hydrogens (tertiary/aromatic N) is 1. The first-order valence-corrected chi connectivity index (χ1v) is 8.33. The molecule has 0 aromatic heterocycles. The number of hydrogen-bond donors (Lipinski definition) is 2. The van der Waals surface area contributed by atoms with Crippen LogP contribution in [0.2, 0.25) is 5.02 Å². The Morgan fingerprint density at radius 1 is 1.15 bits per heavy atom. The van der Waals surface area contributed by atoms with E-state index in [9.17, 15) is 18.0 Å². The number of hydrogen-bond acceptors (Lipinski definition) is 2. The van der Waals surface area contributed by atoms with Crippen molar-refractivity contribution in [1.82, 2.24) is 5.32 Å². The molecule has 8 heteroatoms. The lowest BCUT2D eigenvalue weighted by atomic mass is 10.2. The minimum Gasteiger partial charge on any atom is -0.375 e. The zero-order chi connectivity index (χ0) is 19.2. The predicted octanol–water partition coefficient (Wildman–Crippen LogP) is 5.01. The van der Waals surface area contributed by atoms with Gasteiger partial charge in [-0.1, -0.05) is 29.8 Å². The second kappa shape index (κ2) is 8.80. The van der Waals surface area contributed by atoms with Crippen molar-refractivity contribution >= 4 is 29.0 Å². The van der Waals surface area contributed by atoms with Gasteiger partial charge in [0, 0.05) is 31.5 Å². The minimum atomic E-state index is -4.58. The molecular formula is C18H19ClF3N3O. The van der Waals surface area contributed by atoms with Gasteiger partial charge in [-0.05, 0) is 36.8 Å². The molecule has 2 aromatic carbocycles. The molecule has 4 nitrogen and oxygen atoms in total. The molecule has 0 spiro atoms. The molecule has 0 unspecified atom stereocenters. The van der Waals surface area contributed by atoms with Crippen molar-refractivity contribution in [2.45, 2.75) is 12.6 Å². The SMILES string of the molecule is CN(CCCNC(=O)Nc1ccc(Cl)c(C(F)(F)F)c1)c1ccccc1. The lowest BCUT2D eigenvalue weighted by Gasteiger charge is -2.19. The van der Waals surface area contributed by atoms with Gasteiger partial charge in [-0.25, -0.2) is 4.79 Å². The maximum atomic E-state index is 12.8. The van der Waals surface area contributed by atoms with Crippen molar-refractivity contribution in [2.24, 2.45) is 0 Å². The summed E-state index contributed by atoms with van der Waals surface area (Å²) in [5.41, 5.74) is 0.111. The molecule has 0 aliphatic heterocycles. The number of nitrogens with one attached hydrogen (secondary N) is 2. The minimum absolute atomic E-state index is 0.0284. The number of carbonyl (C=O) groups is 1. The molecule has 0 saturated carbocycles. The van der Waals surface area contributed by atoms with Crippen LogP contribution in [0.25, 0.3) is 0 Å². The Morgan fingerprint density at radius 3 is 2.50 bits per heavy atom. The fraction of sp³-hybridized carbons (Fsp3) is 0.278. The number of carbonyl (C=O) groups excluding carboxylic acids is 1. The molecule has 0 bridgehead atoms. The highest BCUT2D eigenvalue weighted by Gasteiger charge is 2.33. The first kappa shape index (κ1) is 19.9. The fourth-order valence-electron chi connectivity index (χ4n) is 2.33. The van der Waals surface area contributed by atoms with Crippen LogP contribution >= 0.6 is 11.6 Å². The quantitative estimate of drug-likeness (QED) is 0.687. The van der Waals surface area contributed by atoms with Crippen LogP contribution in [-0.4, -0.2) is 26.2 Å². The highest BCUT2D eigenvalue weighted by atomic mass is 35.5. The summed E-state index contributed by atoms with van der Waals surface area (Å²) in [6.07, 6.45) is -3.89. The molecule has 2 amide bonds. The first-order valence-electron chi connectivity index (χ1n) is 7.95. The zero-order valence-corrected chi connectivity index (χ0v) is 14.9. The Hall–Kier alpha value is -2.41. The van der Waals surface area contributed by atoms with Gasteiger partial charge in [-0.3, -0.25) is 0 Å². The van der Waals surface area contributed by atoms with Gasteiger partial charge in [-0.15, -0.1) is 0 Å². The highest BCUT2D eigenvalue weighted by molar-refractivity contribution is 6.31. The Morgan fingerprint density at radius 2 is 1.85 bits per heavy atom. The van der Waals surface area contributed by atoms with E-state index in [4.69, 9.17) is 11.6 Å². The monoisotopic (exact) mass is 385 g/mol. The van der Waals surface area contributed by atoms with Gasteiger partial charge >= 0.3 is 12.2 Å². The number of benzene rings is 2. The van der Waals surface area contributed by atoms with Crippen molar-refractivity contribution in [3.05, 3.63) is 59.1 Å². The number of halogens is 4. The third-order valence-electron chi connectivity index (χ3n) is 3.68. The third kappa shape index (κ3) is 5.84. The first-order chi connectivity index (χ1) is 12.3. The molecule has 26 heavy (non-hydrogen) atoms. The summed E-state index contributed by atoms with van der Waals surface area (Å²) < 4.78 is 38.4. The van der Waals surface area contributed by atoms with Crippen molar-refractivity contribution in [3.63, 3.8) is 0 Å². The summed E-state index contributed by atoms with van der Waals surface area (Å²) in [7, 11) is 1.95. The highest BCUT2D eigenvalue weighted by Crippen LogP contribution is 2.36. The average Bonchev–Trinajstić information content (AvgIpc) is 2.60. The van der Waals surface area contributed by atoms with Crippen molar-refractivity contribution in [3.8, 4) is 0 Å². The molecule has 0 aliphatic carbocycles. The van der Waals surface area contributed by atoms with E-state index >= 15 is 0 Å². The normalized spacial score (nSPS) is 11.1. The molecule has 2 N–H and O–H groups in total. The van der Waals surface area contributed by atoms with E-state index in [1.54, 1.807) is 0 Å². The van der Waals surface area contributed by atoms with Gasteiger partial charge in [-0.2, -0.15) is 13.2 Å². The predicted molar refractivity (Wildman–Crippen MR) is 97.8 cm³/mol. The summed E-state index contributed by atoms with van der Waals surface area (Å²) >= 11 is 5.55. The number of para-hydroxylation sites is 1. The van der Waals surface area contributed by atoms with Crippen LogP contribution in [0.15, 0.2) is 48.5 Å². The van der Waals surface area contributed by atoms with E-state index in [-0.39, 0.29) is 5.69 Å². The Balaban J connectivity index is 1.79. The summed E-state index contributed by atoms with van der Waals surface area (Å²) in [5.74, 6) is 0. The van der Waals surface area contributed by atoms with Gasteiger partial charge in [0.1, 0.15) is 0 Å². The average molecular weight is 386 g/mol. The van der Waals surface area contributed by atoms with E-state index in [2.05, 4.69) is 10.6 Å². The smallest absolute Gasteiger partial charge is 0.375 e. The van der Waals surface area contributed by atoms with Gasteiger partial charge in [0.25, 0.3) is 0 Å². The Labute approximate surface area is 154 Å². The maximum absolute atomic E-state index is 12.8. The standard InChI is InChI=1S/C18H19ClF3N3O/c1-25(14-6-3-2-4-7-14)11-5-10-23-17(26)24-13-8-9-16(19)15(12-13)18(20,21)22/h2-4,6-9,12H,5,10-11H2,1H3,(H2,23,24,26). The lowest BCUT2D eigenvalue weighted by Crippen LogP contribution is -2.31. The third-order valence-corrected chi connectivity index (χ3v) is 4.01. The van der Waals surface area contributed by atoms with Gasteiger partial charge < -0.3 is 15.5 Å². The van der Waals surface area contributed by atoms with E-state index in [0.717, 1.165) is 24.4 Å². The molecular weight excluding hydrogens is 367 g/mol. The number of anilines is 2. The van der Waals surface area contributed by atoms with E-state index in [0.29, 0.717) is 13.0 Å². The lowest BCUT2D eigenvalue weighted by molar-refractivity contribution is -0.137. The second-order valence-corrected chi connectivity index (χ2v) is 6.09. The summed E-state index contributed by atoms with van der Waals surface area (Å²) in [4.78, 5) is 13.9. The molecule has 0 aliphatic rings. The summed E-state index contributed by atoms with van der Waals surface area (Å²) in [6.45, 7) is 1.12. The summed E-state index contributed by atoms with van der Waals surface area (Å²) in [6, 6.07) is 12.5. The zero-order valence-electron chi connectivity index (χ0n) is 14.1. The number of rotatable bonds is 6. The Bertz CT molecular complexity index is 738. The van der Waals surface area contributed by atoms with Crippen molar-refractivity contribution in [1.29, 1.82) is 0 Å². The van der Waals surface area contributed by atoms with Crippen LogP contribution in [-0.2, 0) is 6.18 Å². The molecule has 0 heterocycles. The van der Waals surface area contributed by atoms with Gasteiger partial charge in [0.2, 0.25) is 0 Å². The molecule has 2 aromatic rings. The van der Waals surface area contributed by atoms with Crippen molar-refractivity contribution < 1.29 is 18.0 Å². The number of urea groups is 1. The van der Waals surface area contributed by atoms with Gasteiger partial charge in [0.05, 0.1) is 10.6 Å².